The van der Waals surface area contributed by atoms with Gasteiger partial charge in [-0.3, -0.25) is 0 Å². The van der Waals surface area contributed by atoms with Gasteiger partial charge in [0, 0.05) is 11.4 Å². The Morgan fingerprint density at radius 2 is 2.08 bits per heavy atom. The van der Waals surface area contributed by atoms with Crippen molar-refractivity contribution in [2.24, 2.45) is 0 Å². The highest BCUT2D eigenvalue weighted by Gasteiger charge is 2.14. The monoisotopic (exact) mass is 352 g/mol. The third-order valence-corrected chi connectivity index (χ3v) is 3.71. The van der Waals surface area contributed by atoms with E-state index >= 15 is 0 Å². The van der Waals surface area contributed by atoms with Crippen molar-refractivity contribution in [2.45, 2.75) is 20.8 Å². The van der Waals surface area contributed by atoms with Gasteiger partial charge in [-0.25, -0.2) is 19.4 Å². The molecule has 3 rings (SSSR count). The first-order valence-corrected chi connectivity index (χ1v) is 8.18. The second-order valence-electron chi connectivity index (χ2n) is 5.72. The number of nitrogens with zero attached hydrogens (tertiary/aromatic N) is 4. The molecule has 2 heterocycles. The number of anilines is 3. The molecule has 0 spiro atoms. The lowest BCUT2D eigenvalue weighted by Gasteiger charge is -2.12. The fourth-order valence-electron chi connectivity index (χ4n) is 2.57. The molecular formula is C18H20N6O2. The van der Waals surface area contributed by atoms with Crippen molar-refractivity contribution >= 4 is 23.2 Å². The van der Waals surface area contributed by atoms with Gasteiger partial charge in [-0.1, -0.05) is 6.07 Å². The Labute approximate surface area is 151 Å². The highest BCUT2D eigenvalue weighted by atomic mass is 16.5. The molecular weight excluding hydrogens is 332 g/mol. The lowest BCUT2D eigenvalue weighted by Crippen LogP contribution is -2.10. The van der Waals surface area contributed by atoms with Crippen LogP contribution in [0.2, 0.25) is 0 Å². The molecule has 0 radical (unpaired) electrons. The molecule has 0 aliphatic rings. The number of benzene rings is 1. The van der Waals surface area contributed by atoms with Gasteiger partial charge in [0.1, 0.15) is 12.0 Å². The number of carbonyl (C=O) groups is 1. The molecule has 0 aliphatic heterocycles. The normalized spacial score (nSPS) is 10.6. The molecule has 26 heavy (non-hydrogen) atoms. The molecule has 1 aromatic carbocycles. The molecule has 0 saturated heterocycles. The third kappa shape index (κ3) is 3.49. The SMILES string of the molecule is CCOC(=O)c1cccc(Nc2ncnc(-n3nc(C)cc3C)c2N)c1. The van der Waals surface area contributed by atoms with Crippen LogP contribution in [0.25, 0.3) is 5.82 Å². The second kappa shape index (κ2) is 7.22. The van der Waals surface area contributed by atoms with E-state index in [0.717, 1.165) is 11.4 Å². The van der Waals surface area contributed by atoms with E-state index < -0.39 is 0 Å². The van der Waals surface area contributed by atoms with Gasteiger partial charge in [0.25, 0.3) is 0 Å². The summed E-state index contributed by atoms with van der Waals surface area (Å²) in [5.74, 6) is 0.549. The van der Waals surface area contributed by atoms with Gasteiger partial charge in [-0.15, -0.1) is 0 Å². The summed E-state index contributed by atoms with van der Waals surface area (Å²) in [4.78, 5) is 20.3. The topological polar surface area (TPSA) is 108 Å². The number of ether oxygens (including phenoxy) is 1. The smallest absolute Gasteiger partial charge is 0.338 e. The number of aryl methyl sites for hydroxylation is 2. The minimum absolute atomic E-state index is 0.321. The predicted molar refractivity (Wildman–Crippen MR) is 98.7 cm³/mol. The first-order valence-electron chi connectivity index (χ1n) is 8.18. The summed E-state index contributed by atoms with van der Waals surface area (Å²) in [5.41, 5.74) is 9.51. The lowest BCUT2D eigenvalue weighted by atomic mass is 10.2. The summed E-state index contributed by atoms with van der Waals surface area (Å²) in [6, 6.07) is 8.88. The Morgan fingerprint density at radius 3 is 2.77 bits per heavy atom. The van der Waals surface area contributed by atoms with Crippen LogP contribution in [0.1, 0.15) is 28.7 Å². The van der Waals surface area contributed by atoms with Crippen molar-refractivity contribution in [3.63, 3.8) is 0 Å². The molecule has 3 N–H and O–H groups in total. The van der Waals surface area contributed by atoms with E-state index in [1.165, 1.54) is 6.33 Å². The molecule has 3 aromatic rings. The van der Waals surface area contributed by atoms with E-state index in [1.807, 2.05) is 26.0 Å². The van der Waals surface area contributed by atoms with Crippen LogP contribution >= 0.6 is 0 Å². The summed E-state index contributed by atoms with van der Waals surface area (Å²) < 4.78 is 6.69. The quantitative estimate of drug-likeness (QED) is 0.680. The lowest BCUT2D eigenvalue weighted by molar-refractivity contribution is 0.0526. The molecule has 2 aromatic heterocycles. The van der Waals surface area contributed by atoms with Crippen molar-refractivity contribution in [3.05, 3.63) is 53.6 Å². The number of esters is 1. The van der Waals surface area contributed by atoms with Crippen LogP contribution in [0.4, 0.5) is 17.2 Å². The maximum absolute atomic E-state index is 11.9. The number of nitrogens with two attached hydrogens (primary N) is 1. The van der Waals surface area contributed by atoms with Crippen LogP contribution in [-0.4, -0.2) is 32.3 Å². The number of hydrogen-bond donors (Lipinski definition) is 2. The standard InChI is InChI=1S/C18H20N6O2/c1-4-26-18(25)13-6-5-7-14(9-13)22-16-15(19)17(21-10-20-16)24-12(3)8-11(2)23-24/h5-10H,4,19H2,1-3H3,(H,20,21,22). The maximum Gasteiger partial charge on any atom is 0.338 e. The molecule has 8 nitrogen and oxygen atoms in total. The van der Waals surface area contributed by atoms with Crippen LogP contribution < -0.4 is 11.1 Å². The van der Waals surface area contributed by atoms with Crippen molar-refractivity contribution in [2.75, 3.05) is 17.7 Å². The average molecular weight is 352 g/mol. The fraction of sp³-hybridized carbons (Fsp3) is 0.222. The zero-order chi connectivity index (χ0) is 18.7. The van der Waals surface area contributed by atoms with Gasteiger partial charge in [0.2, 0.25) is 0 Å². The Hall–Kier alpha value is -3.42. The Kier molecular flexibility index (Phi) is 4.83. The number of carbonyl (C=O) groups excluding carboxylic acids is 1. The van der Waals surface area contributed by atoms with Crippen LogP contribution in [0, 0.1) is 13.8 Å². The molecule has 134 valence electrons. The van der Waals surface area contributed by atoms with E-state index in [2.05, 4.69) is 20.4 Å². The van der Waals surface area contributed by atoms with Crippen LogP contribution in [0.5, 0.6) is 0 Å². The second-order valence-corrected chi connectivity index (χ2v) is 5.72. The van der Waals surface area contributed by atoms with Gasteiger partial charge in [0.15, 0.2) is 11.6 Å². The Bertz CT molecular complexity index is 951. The van der Waals surface area contributed by atoms with E-state index in [0.29, 0.717) is 35.2 Å². The van der Waals surface area contributed by atoms with Gasteiger partial charge < -0.3 is 15.8 Å². The van der Waals surface area contributed by atoms with Crippen molar-refractivity contribution < 1.29 is 9.53 Å². The summed E-state index contributed by atoms with van der Waals surface area (Å²) in [7, 11) is 0. The zero-order valence-corrected chi connectivity index (χ0v) is 14.9. The van der Waals surface area contributed by atoms with Gasteiger partial charge in [-0.2, -0.15) is 5.10 Å². The molecule has 0 fully saturated rings. The first-order chi connectivity index (χ1) is 12.5. The summed E-state index contributed by atoms with van der Waals surface area (Å²) in [6.45, 7) is 5.92. The Balaban J connectivity index is 1.92. The molecule has 0 unspecified atom stereocenters. The number of rotatable bonds is 5. The number of nitrogens with one attached hydrogen (secondary N) is 1. The largest absolute Gasteiger partial charge is 0.462 e. The van der Waals surface area contributed by atoms with Crippen LogP contribution in [0.3, 0.4) is 0 Å². The van der Waals surface area contributed by atoms with Crippen LogP contribution in [0.15, 0.2) is 36.7 Å². The van der Waals surface area contributed by atoms with Crippen LogP contribution in [-0.2, 0) is 4.74 Å². The van der Waals surface area contributed by atoms with Gasteiger partial charge in [-0.05, 0) is 45.0 Å². The molecule has 0 atom stereocenters. The molecule has 0 bridgehead atoms. The minimum Gasteiger partial charge on any atom is -0.462 e. The van der Waals surface area contributed by atoms with E-state index in [-0.39, 0.29) is 5.97 Å². The maximum atomic E-state index is 11.9. The molecule has 0 amide bonds. The summed E-state index contributed by atoms with van der Waals surface area (Å²) in [5, 5.41) is 7.53. The van der Waals surface area contributed by atoms with Gasteiger partial charge >= 0.3 is 5.97 Å². The minimum atomic E-state index is -0.380. The highest BCUT2D eigenvalue weighted by molar-refractivity contribution is 5.91. The van der Waals surface area contributed by atoms with E-state index in [1.54, 1.807) is 29.8 Å². The van der Waals surface area contributed by atoms with E-state index in [4.69, 9.17) is 10.5 Å². The highest BCUT2D eigenvalue weighted by Crippen LogP contribution is 2.26. The summed E-state index contributed by atoms with van der Waals surface area (Å²) in [6.07, 6.45) is 1.42. The predicted octanol–water partition coefficient (Wildman–Crippen LogP) is 2.78. The first kappa shape index (κ1) is 17.4. The molecule has 0 saturated carbocycles. The number of aromatic nitrogens is 4. The third-order valence-electron chi connectivity index (χ3n) is 3.71. The van der Waals surface area contributed by atoms with Crippen molar-refractivity contribution in [1.29, 1.82) is 0 Å². The zero-order valence-electron chi connectivity index (χ0n) is 14.9. The number of nitrogen functional groups attached to an aromatic ring is 1. The molecule has 0 aliphatic carbocycles. The summed E-state index contributed by atoms with van der Waals surface area (Å²) >= 11 is 0. The molecule has 8 heteroatoms. The number of hydrogen-bond acceptors (Lipinski definition) is 7. The van der Waals surface area contributed by atoms with Crippen molar-refractivity contribution in [1.82, 2.24) is 19.7 Å². The Morgan fingerprint density at radius 1 is 1.27 bits per heavy atom. The van der Waals surface area contributed by atoms with Crippen molar-refractivity contribution in [3.8, 4) is 5.82 Å². The van der Waals surface area contributed by atoms with Gasteiger partial charge in [0.05, 0.1) is 17.9 Å². The average Bonchev–Trinajstić information content (AvgIpc) is 2.95. The van der Waals surface area contributed by atoms with E-state index in [9.17, 15) is 4.79 Å². The fourth-order valence-corrected chi connectivity index (χ4v) is 2.57.